The first-order chi connectivity index (χ1) is 39.1. The number of nitrogens with zero attached hydrogens (tertiary/aromatic N) is 11. The fourth-order valence-corrected chi connectivity index (χ4v) is 17.4. The van der Waals surface area contributed by atoms with Crippen LogP contribution in [0.25, 0.3) is 5.69 Å². The van der Waals surface area contributed by atoms with Crippen molar-refractivity contribution in [3.05, 3.63) is 132 Å². The molecule has 1 aromatic carbocycles. The van der Waals surface area contributed by atoms with Gasteiger partial charge in [-0.25, -0.2) is 15.5 Å². The van der Waals surface area contributed by atoms with E-state index in [1.54, 1.807) is 11.7 Å². The maximum Gasteiger partial charge on any atom is 0.244 e. The molecule has 4 heterocycles. The molecular formula is C64H83N13O4+2. The minimum absolute atomic E-state index is 0.109. The van der Waals surface area contributed by atoms with Crippen molar-refractivity contribution in [3.63, 3.8) is 0 Å². The average molecular weight is 1100 g/mol. The third kappa shape index (κ3) is 10.9. The number of hydrazone groups is 2. The first kappa shape index (κ1) is 55.0. The number of allylic oxidation sites excluding steroid dienone is 4. The molecule has 426 valence electrons. The number of para-hydroxylation sites is 1. The lowest BCUT2D eigenvalue weighted by Crippen LogP contribution is -2.51. The standard InChI is InChI=1S/C35H42N6O2.C29H39N7O2/c1-34-16-14-26(20-25(34)10-11-29-30-12-13-32(42)35(30,2)17-15-31(29)34)36-38-33(43)19-24-7-6-18-40(21-24)22-27-23-41(39-37-27)28-8-4-3-5-9-28;1-28-12-10-21(16-20(28)6-7-22-23-8-9-25(37)29(23,2)13-11-24(22)28)30-32-27(38)15-19-5-4-14-36(17-19)18-26-31-34-35(3)33-26/h3-9,18,20-21,23,29-32,42H,10-17,19,22H2,1-2H3;4-5,14,16-17,22-25,37H,6-13,15,18H2,1-3H3/p+2/b36-26+;30-21+/t29-,30-,31-,32+,34-,35-;22-,23-,24-,25+,28-,29-/m00/s1. The molecule has 8 aliphatic carbocycles. The molecule has 0 spiro atoms. The molecule has 6 fully saturated rings. The number of carbonyl (C=O) groups is 2. The summed E-state index contributed by atoms with van der Waals surface area (Å²) in [7, 11) is 1.74. The zero-order valence-electron chi connectivity index (χ0n) is 48.1. The van der Waals surface area contributed by atoms with E-state index >= 15 is 0 Å². The van der Waals surface area contributed by atoms with Crippen molar-refractivity contribution in [1.29, 1.82) is 0 Å². The van der Waals surface area contributed by atoms with E-state index in [2.05, 4.69) is 86.6 Å². The molecule has 0 radical (unpaired) electrons. The second-order valence-corrected chi connectivity index (χ2v) is 26.4. The number of aliphatic hydroxyl groups excluding tert-OH is 2. The topological polar surface area (TPSA) is 205 Å². The molecule has 17 nitrogen and oxygen atoms in total. The molecule has 17 heteroatoms. The van der Waals surface area contributed by atoms with Crippen molar-refractivity contribution in [2.75, 3.05) is 0 Å². The second kappa shape index (κ2) is 22.3. The molecule has 4 aromatic heterocycles. The zero-order valence-corrected chi connectivity index (χ0v) is 48.1. The van der Waals surface area contributed by atoms with E-state index in [1.165, 1.54) is 54.5 Å². The normalized spacial score (nSPS) is 33.8. The van der Waals surface area contributed by atoms with Gasteiger partial charge in [-0.3, -0.25) is 9.59 Å². The number of tetrazole rings is 1. The molecule has 2 amide bonds. The lowest BCUT2D eigenvalue weighted by atomic mass is 9.47. The monoisotopic (exact) mass is 1100 g/mol. The predicted octanol–water partition coefficient (Wildman–Crippen LogP) is 7.83. The molecule has 13 rings (SSSR count). The molecule has 12 atom stereocenters. The number of amides is 2. The number of aromatic nitrogens is 9. The van der Waals surface area contributed by atoms with Crippen molar-refractivity contribution < 1.29 is 28.9 Å². The van der Waals surface area contributed by atoms with Crippen LogP contribution in [0.5, 0.6) is 0 Å². The number of carbonyl (C=O) groups excluding carboxylic acids is 2. The summed E-state index contributed by atoms with van der Waals surface area (Å²) in [6, 6.07) is 17.7. The zero-order chi connectivity index (χ0) is 56.1. The quantitative estimate of drug-likeness (QED) is 0.0751. The van der Waals surface area contributed by atoms with Crippen LogP contribution < -0.4 is 20.0 Å². The van der Waals surface area contributed by atoms with Crippen LogP contribution in [0.2, 0.25) is 0 Å². The number of benzene rings is 1. The van der Waals surface area contributed by atoms with Gasteiger partial charge in [-0.05, 0) is 202 Å². The maximum absolute atomic E-state index is 12.9. The van der Waals surface area contributed by atoms with Crippen molar-refractivity contribution in [1.82, 2.24) is 46.1 Å². The summed E-state index contributed by atoms with van der Waals surface area (Å²) in [6.07, 6.45) is 32.3. The highest BCUT2D eigenvalue weighted by atomic mass is 16.3. The van der Waals surface area contributed by atoms with Crippen molar-refractivity contribution in [2.45, 2.75) is 169 Å². The molecule has 0 aliphatic heterocycles. The summed E-state index contributed by atoms with van der Waals surface area (Å²) in [5.74, 6) is 4.57. The summed E-state index contributed by atoms with van der Waals surface area (Å²) in [5.41, 5.74) is 15.0. The van der Waals surface area contributed by atoms with E-state index in [0.717, 1.165) is 110 Å². The summed E-state index contributed by atoms with van der Waals surface area (Å²) in [4.78, 5) is 27.0. The van der Waals surface area contributed by atoms with Crippen molar-refractivity contribution in [3.8, 4) is 5.69 Å². The van der Waals surface area contributed by atoms with Crippen LogP contribution in [0.15, 0.2) is 119 Å². The lowest BCUT2D eigenvalue weighted by Gasteiger charge is -2.57. The third-order valence-electron chi connectivity index (χ3n) is 21.9. The molecule has 81 heavy (non-hydrogen) atoms. The first-order valence-electron chi connectivity index (χ1n) is 30.2. The number of aliphatic hydroxyl groups is 2. The lowest BCUT2D eigenvalue weighted by molar-refractivity contribution is -0.689. The van der Waals surface area contributed by atoms with Gasteiger partial charge < -0.3 is 10.2 Å². The Labute approximate surface area is 476 Å². The van der Waals surface area contributed by atoms with E-state index in [9.17, 15) is 19.8 Å². The summed E-state index contributed by atoms with van der Waals surface area (Å²) in [6.45, 7) is 10.7. The third-order valence-corrected chi connectivity index (χ3v) is 21.9. The Balaban J connectivity index is 0.000000162. The van der Waals surface area contributed by atoms with Crippen LogP contribution in [0.4, 0.5) is 0 Å². The van der Waals surface area contributed by atoms with Gasteiger partial charge in [-0.1, -0.05) is 62.3 Å². The van der Waals surface area contributed by atoms with Gasteiger partial charge in [0.05, 0.1) is 55.4 Å². The number of fused-ring (bicyclic) bond motifs is 10. The Bertz CT molecular complexity index is 3280. The number of rotatable bonds is 11. The summed E-state index contributed by atoms with van der Waals surface area (Å²) < 4.78 is 5.75. The van der Waals surface area contributed by atoms with Crippen molar-refractivity contribution >= 4 is 23.2 Å². The minimum Gasteiger partial charge on any atom is -0.393 e. The van der Waals surface area contributed by atoms with Crippen LogP contribution >= 0.6 is 0 Å². The maximum atomic E-state index is 12.9. The van der Waals surface area contributed by atoms with Gasteiger partial charge >= 0.3 is 0 Å². The SMILES string of the molecule is C[C@]12CC[C@H]3[C@@H](CCC4=C/C(=N/NC(=O)Cc5ccc[n+](Cc6cn(-c7ccccc7)nn6)c5)CC[C@@]43C)[C@@H]1CC[C@H]2O.Cn1nnc(C[n+]2cccc(CC(=O)N/N=C3/C=C4CC[C@H]5[C@@H]6CC[C@@H](O)[C@@]6(C)CC[C@@H]5[C@@]4(C)CC3)c2)n1. The first-order valence-corrected chi connectivity index (χ1v) is 30.2. The minimum atomic E-state index is -0.125. The molecule has 0 saturated heterocycles. The number of aryl methyl sites for hydroxylation is 1. The Kier molecular flexibility index (Phi) is 15.1. The Morgan fingerprint density at radius 1 is 0.617 bits per heavy atom. The molecule has 4 N–H and O–H groups in total. The fraction of sp³-hybridized carbons (Fsp3) is 0.578. The molecule has 0 bridgehead atoms. The highest BCUT2D eigenvalue weighted by Crippen LogP contribution is 2.67. The van der Waals surface area contributed by atoms with E-state index in [0.29, 0.717) is 42.6 Å². The van der Waals surface area contributed by atoms with Gasteiger partial charge in [-0.15, -0.1) is 15.3 Å². The smallest absolute Gasteiger partial charge is 0.244 e. The van der Waals surface area contributed by atoms with Gasteiger partial charge in [0.1, 0.15) is 5.69 Å². The van der Waals surface area contributed by atoms with Gasteiger partial charge in [0.2, 0.25) is 24.2 Å². The van der Waals surface area contributed by atoms with E-state index in [4.69, 9.17) is 0 Å². The van der Waals surface area contributed by atoms with E-state index < -0.39 is 0 Å². The summed E-state index contributed by atoms with van der Waals surface area (Å²) in [5, 5.41) is 51.2. The second-order valence-electron chi connectivity index (χ2n) is 26.4. The van der Waals surface area contributed by atoms with Crippen LogP contribution in [-0.4, -0.2) is 80.9 Å². The molecule has 0 unspecified atom stereocenters. The van der Waals surface area contributed by atoms with Gasteiger partial charge in [0.15, 0.2) is 31.3 Å². The van der Waals surface area contributed by atoms with Crippen molar-refractivity contribution in [2.24, 2.45) is 74.4 Å². The Morgan fingerprint density at radius 3 is 1.67 bits per heavy atom. The van der Waals surface area contributed by atoms with Crippen LogP contribution in [0.1, 0.15) is 153 Å². The number of hydrogen-bond acceptors (Lipinski definition) is 11. The van der Waals surface area contributed by atoms with E-state index in [-0.39, 0.29) is 58.5 Å². The molecule has 6 saturated carbocycles. The van der Waals surface area contributed by atoms with Gasteiger partial charge in [0, 0.05) is 23.3 Å². The Hall–Kier alpha value is -6.59. The highest BCUT2D eigenvalue weighted by Gasteiger charge is 2.60. The van der Waals surface area contributed by atoms with Crippen LogP contribution in [-0.2, 0) is 42.6 Å². The van der Waals surface area contributed by atoms with Crippen LogP contribution in [0.3, 0.4) is 0 Å². The average Bonchev–Trinajstić information content (AvgIpc) is 4.17. The fourth-order valence-electron chi connectivity index (χ4n) is 17.4. The number of hydrogen-bond donors (Lipinski definition) is 4. The van der Waals surface area contributed by atoms with Crippen LogP contribution in [0, 0.1) is 57.2 Å². The van der Waals surface area contributed by atoms with Gasteiger partial charge in [0.25, 0.3) is 0 Å². The largest absolute Gasteiger partial charge is 0.393 e. The highest BCUT2D eigenvalue weighted by molar-refractivity contribution is 5.98. The number of nitrogens with one attached hydrogen (secondary N) is 2. The number of pyridine rings is 2. The molecular weight excluding hydrogens is 1010 g/mol. The molecule has 5 aromatic rings. The Morgan fingerprint density at radius 2 is 1.15 bits per heavy atom. The predicted molar refractivity (Wildman–Crippen MR) is 306 cm³/mol. The summed E-state index contributed by atoms with van der Waals surface area (Å²) >= 11 is 0. The van der Waals surface area contributed by atoms with Gasteiger partial charge in [-0.2, -0.15) is 24.1 Å². The van der Waals surface area contributed by atoms with E-state index in [1.807, 2.05) is 94.7 Å². The molecule has 8 aliphatic rings.